The highest BCUT2D eigenvalue weighted by Crippen LogP contribution is 2.27. The van der Waals surface area contributed by atoms with E-state index in [1.54, 1.807) is 48.5 Å². The van der Waals surface area contributed by atoms with E-state index < -0.39 is 9.84 Å². The molecule has 1 N–H and O–H groups in total. The van der Waals surface area contributed by atoms with E-state index in [9.17, 15) is 13.2 Å². The summed E-state index contributed by atoms with van der Waals surface area (Å²) in [5.41, 5.74) is 3.05. The van der Waals surface area contributed by atoms with Gasteiger partial charge >= 0.3 is 0 Å². The Labute approximate surface area is 233 Å². The smallest absolute Gasteiger partial charge is 0.255 e. The van der Waals surface area contributed by atoms with Gasteiger partial charge in [-0.1, -0.05) is 78.9 Å². The number of hydrogen-bond donors (Lipinski definition) is 1. The van der Waals surface area contributed by atoms with E-state index in [1.165, 1.54) is 24.3 Å². The van der Waals surface area contributed by atoms with Gasteiger partial charge in [-0.2, -0.15) is 0 Å². The average molecular weight is 547 g/mol. The van der Waals surface area contributed by atoms with Gasteiger partial charge in [0.15, 0.2) is 0 Å². The van der Waals surface area contributed by atoms with Crippen molar-refractivity contribution in [2.24, 2.45) is 4.99 Å². The molecule has 5 aromatic rings. The maximum atomic E-state index is 13.6. The summed E-state index contributed by atoms with van der Waals surface area (Å²) in [6.07, 6.45) is 0. The highest BCUT2D eigenvalue weighted by atomic mass is 32.2. The number of nitrogens with zero attached hydrogens (tertiary/aromatic N) is 1. The molecule has 0 spiro atoms. The Morgan fingerprint density at radius 3 is 1.90 bits per heavy atom. The van der Waals surface area contributed by atoms with E-state index in [2.05, 4.69) is 10.3 Å². The number of carbonyl (C=O) groups excluding carboxylic acids is 1. The van der Waals surface area contributed by atoms with E-state index in [1.807, 2.05) is 66.7 Å². The van der Waals surface area contributed by atoms with Crippen LogP contribution in [-0.4, -0.2) is 20.2 Å². The minimum absolute atomic E-state index is 0.0584. The molecule has 0 aliphatic carbocycles. The first-order valence-corrected chi connectivity index (χ1v) is 14.1. The van der Waals surface area contributed by atoms with Crippen molar-refractivity contribution >= 4 is 33.0 Å². The zero-order valence-electron chi connectivity index (χ0n) is 21.5. The first kappa shape index (κ1) is 26.6. The van der Waals surface area contributed by atoms with Gasteiger partial charge in [0.2, 0.25) is 15.7 Å². The number of sulfone groups is 1. The number of aliphatic imine (C=N–C) groups is 1. The molecule has 0 saturated carbocycles. The second kappa shape index (κ2) is 12.2. The fourth-order valence-electron chi connectivity index (χ4n) is 3.99. The van der Waals surface area contributed by atoms with Crippen molar-refractivity contribution in [3.05, 3.63) is 156 Å². The summed E-state index contributed by atoms with van der Waals surface area (Å²) < 4.78 is 33.2. The Hall–Kier alpha value is -5.01. The SMILES string of the molecule is O=C(Nc1cccc(S(=O)(=O)c2cccc(/N=C(\OCc3ccccc3)c3ccccc3)c2)c1)c1ccccc1. The minimum Gasteiger partial charge on any atom is -0.472 e. The summed E-state index contributed by atoms with van der Waals surface area (Å²) in [6, 6.07) is 40.5. The van der Waals surface area contributed by atoms with Crippen LogP contribution in [0.15, 0.2) is 154 Å². The number of hydrogen-bond acceptors (Lipinski definition) is 5. The summed E-state index contributed by atoms with van der Waals surface area (Å²) in [6.45, 7) is 0.314. The number of anilines is 1. The molecule has 0 aromatic heterocycles. The van der Waals surface area contributed by atoms with E-state index >= 15 is 0 Å². The van der Waals surface area contributed by atoms with Crippen molar-refractivity contribution in [2.45, 2.75) is 16.4 Å². The van der Waals surface area contributed by atoms with Gasteiger partial charge in [-0.15, -0.1) is 0 Å². The zero-order valence-corrected chi connectivity index (χ0v) is 22.3. The number of amides is 1. The van der Waals surface area contributed by atoms with Gasteiger partial charge in [-0.3, -0.25) is 4.79 Å². The molecule has 0 atom stereocenters. The third-order valence-corrected chi connectivity index (χ3v) is 7.78. The molecule has 0 radical (unpaired) electrons. The van der Waals surface area contributed by atoms with Crippen LogP contribution in [-0.2, 0) is 21.2 Å². The predicted octanol–water partition coefficient (Wildman–Crippen LogP) is 7.07. The molecule has 0 bridgehead atoms. The molecule has 6 nitrogen and oxygen atoms in total. The second-order valence-electron chi connectivity index (χ2n) is 8.91. The number of carbonyl (C=O) groups is 1. The van der Waals surface area contributed by atoms with E-state index in [-0.39, 0.29) is 15.7 Å². The minimum atomic E-state index is -3.90. The molecular formula is C33H26N2O4S. The molecule has 0 aliphatic rings. The van der Waals surface area contributed by atoms with Gasteiger partial charge < -0.3 is 10.1 Å². The van der Waals surface area contributed by atoms with Crippen LogP contribution >= 0.6 is 0 Å². The lowest BCUT2D eigenvalue weighted by molar-refractivity contribution is 0.102. The van der Waals surface area contributed by atoms with Gasteiger partial charge in [0, 0.05) is 16.8 Å². The largest absolute Gasteiger partial charge is 0.472 e. The van der Waals surface area contributed by atoms with Gasteiger partial charge in [0.05, 0.1) is 15.5 Å². The Morgan fingerprint density at radius 1 is 0.650 bits per heavy atom. The number of rotatable bonds is 8. The third-order valence-electron chi connectivity index (χ3n) is 6.04. The lowest BCUT2D eigenvalue weighted by Crippen LogP contribution is -2.12. The number of nitrogens with one attached hydrogen (secondary N) is 1. The van der Waals surface area contributed by atoms with E-state index in [4.69, 9.17) is 4.74 Å². The Kier molecular flexibility index (Phi) is 8.13. The molecule has 0 unspecified atom stereocenters. The van der Waals surface area contributed by atoms with Gasteiger partial charge in [-0.25, -0.2) is 13.4 Å². The third kappa shape index (κ3) is 6.51. The van der Waals surface area contributed by atoms with Gasteiger partial charge in [0.25, 0.3) is 5.91 Å². The van der Waals surface area contributed by atoms with Crippen molar-refractivity contribution in [1.29, 1.82) is 0 Å². The fourth-order valence-corrected chi connectivity index (χ4v) is 5.34. The zero-order chi connectivity index (χ0) is 27.8. The van der Waals surface area contributed by atoms with Crippen LogP contribution in [0.4, 0.5) is 11.4 Å². The molecule has 0 aliphatic heterocycles. The standard InChI is InChI=1S/C33H26N2O4S/c36-32(26-14-6-2-7-15-26)34-28-18-10-20-30(22-28)40(37,38)31-21-11-19-29(23-31)35-33(27-16-8-3-9-17-27)39-24-25-12-4-1-5-13-25/h1-23H,24H2,(H,34,36)/b35-33-. The number of ether oxygens (including phenoxy) is 1. The van der Waals surface area contributed by atoms with Crippen LogP contribution in [0.2, 0.25) is 0 Å². The number of benzene rings is 5. The molecule has 7 heteroatoms. The first-order valence-electron chi connectivity index (χ1n) is 12.6. The van der Waals surface area contributed by atoms with Gasteiger partial charge in [-0.05, 0) is 66.2 Å². The molecule has 40 heavy (non-hydrogen) atoms. The maximum Gasteiger partial charge on any atom is 0.255 e. The highest BCUT2D eigenvalue weighted by Gasteiger charge is 2.19. The highest BCUT2D eigenvalue weighted by molar-refractivity contribution is 7.91. The maximum absolute atomic E-state index is 13.6. The molecule has 5 rings (SSSR count). The quantitative estimate of drug-likeness (QED) is 0.167. The first-order chi connectivity index (χ1) is 19.5. The normalized spacial score (nSPS) is 11.6. The summed E-state index contributed by atoms with van der Waals surface area (Å²) in [4.78, 5) is 17.4. The monoisotopic (exact) mass is 546 g/mol. The van der Waals surface area contributed by atoms with Crippen LogP contribution in [0.1, 0.15) is 21.5 Å². The van der Waals surface area contributed by atoms with Crippen LogP contribution in [0.3, 0.4) is 0 Å². The fraction of sp³-hybridized carbons (Fsp3) is 0.0303. The second-order valence-corrected chi connectivity index (χ2v) is 10.9. The molecule has 1 amide bonds. The van der Waals surface area contributed by atoms with Crippen molar-refractivity contribution < 1.29 is 17.9 Å². The lowest BCUT2D eigenvalue weighted by Gasteiger charge is -2.11. The summed E-state index contributed by atoms with van der Waals surface area (Å²) in [5.74, 6) is 0.0556. The van der Waals surface area contributed by atoms with E-state index in [0.29, 0.717) is 29.4 Å². The van der Waals surface area contributed by atoms with Crippen LogP contribution in [0, 0.1) is 0 Å². The van der Waals surface area contributed by atoms with Crippen molar-refractivity contribution in [2.75, 3.05) is 5.32 Å². The van der Waals surface area contributed by atoms with Crippen LogP contribution in [0.25, 0.3) is 0 Å². The van der Waals surface area contributed by atoms with E-state index in [0.717, 1.165) is 11.1 Å². The molecule has 0 heterocycles. The predicted molar refractivity (Wildman–Crippen MR) is 157 cm³/mol. The van der Waals surface area contributed by atoms with Gasteiger partial charge in [0.1, 0.15) is 6.61 Å². The lowest BCUT2D eigenvalue weighted by atomic mass is 10.2. The van der Waals surface area contributed by atoms with Crippen LogP contribution in [0.5, 0.6) is 0 Å². The van der Waals surface area contributed by atoms with Crippen molar-refractivity contribution in [1.82, 2.24) is 0 Å². The summed E-state index contributed by atoms with van der Waals surface area (Å²) in [7, 11) is -3.90. The Balaban J connectivity index is 1.42. The Bertz CT molecular complexity index is 1740. The molecule has 0 saturated heterocycles. The Morgan fingerprint density at radius 2 is 1.23 bits per heavy atom. The van der Waals surface area contributed by atoms with Crippen molar-refractivity contribution in [3.63, 3.8) is 0 Å². The molecule has 5 aromatic carbocycles. The molecular weight excluding hydrogens is 520 g/mol. The summed E-state index contributed by atoms with van der Waals surface area (Å²) in [5, 5.41) is 2.76. The molecule has 0 fully saturated rings. The topological polar surface area (TPSA) is 84.8 Å². The van der Waals surface area contributed by atoms with Crippen molar-refractivity contribution in [3.8, 4) is 0 Å². The molecule has 198 valence electrons. The van der Waals surface area contributed by atoms with Crippen LogP contribution < -0.4 is 5.32 Å². The summed E-state index contributed by atoms with van der Waals surface area (Å²) >= 11 is 0. The average Bonchev–Trinajstić information content (AvgIpc) is 3.01.